The Morgan fingerprint density at radius 1 is 1.14 bits per heavy atom. The van der Waals surface area contributed by atoms with Gasteiger partial charge in [0.2, 0.25) is 0 Å². The molecule has 2 fully saturated rings. The highest BCUT2D eigenvalue weighted by Gasteiger charge is 2.66. The van der Waals surface area contributed by atoms with Gasteiger partial charge in [0.25, 0.3) is 0 Å². The summed E-state index contributed by atoms with van der Waals surface area (Å²) in [5.41, 5.74) is 0.517. The SMILES string of the molecule is CC1(C)[C@H]2CC[C@]1(C)[C@@H](C(C#N)(C#N)Cc1ccccc1)C2. The molecular formula is C20H24N2. The van der Waals surface area contributed by atoms with E-state index < -0.39 is 5.41 Å². The standard InChI is InChI=1S/C20H24N2/c1-18(2)16-9-10-19(18,3)17(11-16)20(13-21,14-22)12-15-7-5-4-6-8-15/h4-8,16-17H,9-12H2,1-3H3/t16-,17-,19+/m0/s1. The minimum absolute atomic E-state index is 0.0951. The van der Waals surface area contributed by atoms with E-state index in [1.807, 2.05) is 30.3 Å². The van der Waals surface area contributed by atoms with Crippen LogP contribution in [0, 0.1) is 50.7 Å². The molecule has 1 aromatic carbocycles. The average molecular weight is 292 g/mol. The summed E-state index contributed by atoms with van der Waals surface area (Å²) in [5, 5.41) is 19.9. The Labute approximate surface area is 133 Å². The van der Waals surface area contributed by atoms with Crippen LogP contribution in [0.2, 0.25) is 0 Å². The molecule has 0 heterocycles. The van der Waals surface area contributed by atoms with E-state index in [-0.39, 0.29) is 16.7 Å². The molecule has 0 saturated heterocycles. The first-order valence-corrected chi connectivity index (χ1v) is 8.26. The smallest absolute Gasteiger partial charge is 0.151 e. The van der Waals surface area contributed by atoms with Crippen molar-refractivity contribution in [3.8, 4) is 12.1 Å². The fourth-order valence-corrected chi connectivity index (χ4v) is 5.25. The van der Waals surface area contributed by atoms with Gasteiger partial charge in [-0.2, -0.15) is 10.5 Å². The number of hydrogen-bond donors (Lipinski definition) is 0. The second-order valence-corrected chi connectivity index (χ2v) is 8.02. The van der Waals surface area contributed by atoms with Crippen molar-refractivity contribution >= 4 is 0 Å². The van der Waals surface area contributed by atoms with Crippen molar-refractivity contribution in [1.29, 1.82) is 10.5 Å². The fraction of sp³-hybridized carbons (Fsp3) is 0.600. The van der Waals surface area contributed by atoms with Crippen LogP contribution in [0.15, 0.2) is 30.3 Å². The third-order valence-electron chi connectivity index (χ3n) is 7.11. The number of nitriles is 2. The summed E-state index contributed by atoms with van der Waals surface area (Å²) < 4.78 is 0. The van der Waals surface area contributed by atoms with Crippen LogP contribution in [0.25, 0.3) is 0 Å². The molecule has 114 valence electrons. The molecule has 22 heavy (non-hydrogen) atoms. The number of hydrogen-bond acceptors (Lipinski definition) is 2. The highest BCUT2D eigenvalue weighted by Crippen LogP contribution is 2.71. The predicted molar refractivity (Wildman–Crippen MR) is 86.5 cm³/mol. The average Bonchev–Trinajstić information content (AvgIpc) is 2.87. The molecule has 0 spiro atoms. The van der Waals surface area contributed by atoms with Crippen molar-refractivity contribution in [2.75, 3.05) is 0 Å². The van der Waals surface area contributed by atoms with Gasteiger partial charge in [-0.05, 0) is 47.5 Å². The lowest BCUT2D eigenvalue weighted by atomic mass is 9.57. The first-order chi connectivity index (χ1) is 10.4. The van der Waals surface area contributed by atoms with Crippen LogP contribution in [-0.4, -0.2) is 0 Å². The van der Waals surface area contributed by atoms with Crippen molar-refractivity contribution in [2.24, 2.45) is 28.1 Å². The van der Waals surface area contributed by atoms with E-state index in [0.29, 0.717) is 12.3 Å². The summed E-state index contributed by atoms with van der Waals surface area (Å²) in [6.07, 6.45) is 3.97. The Kier molecular flexibility index (Phi) is 3.33. The van der Waals surface area contributed by atoms with Crippen LogP contribution in [0.3, 0.4) is 0 Å². The number of benzene rings is 1. The molecule has 2 aliphatic carbocycles. The lowest BCUT2D eigenvalue weighted by Crippen LogP contribution is -2.42. The van der Waals surface area contributed by atoms with Gasteiger partial charge in [-0.3, -0.25) is 0 Å². The van der Waals surface area contributed by atoms with E-state index in [2.05, 4.69) is 32.9 Å². The molecular weight excluding hydrogens is 268 g/mol. The molecule has 2 aliphatic rings. The highest BCUT2D eigenvalue weighted by atomic mass is 14.7. The monoisotopic (exact) mass is 292 g/mol. The Hall–Kier alpha value is -1.80. The molecule has 2 bridgehead atoms. The van der Waals surface area contributed by atoms with E-state index in [9.17, 15) is 10.5 Å². The van der Waals surface area contributed by atoms with Crippen LogP contribution >= 0.6 is 0 Å². The summed E-state index contributed by atoms with van der Waals surface area (Å²) >= 11 is 0. The van der Waals surface area contributed by atoms with Gasteiger partial charge in [0.15, 0.2) is 5.41 Å². The van der Waals surface area contributed by atoms with Crippen molar-refractivity contribution < 1.29 is 0 Å². The lowest BCUT2D eigenvalue weighted by Gasteiger charge is -2.44. The van der Waals surface area contributed by atoms with Gasteiger partial charge >= 0.3 is 0 Å². The van der Waals surface area contributed by atoms with Gasteiger partial charge in [0.1, 0.15) is 0 Å². The maximum absolute atomic E-state index is 9.94. The Morgan fingerprint density at radius 2 is 1.77 bits per heavy atom. The molecule has 2 nitrogen and oxygen atoms in total. The molecule has 2 heteroatoms. The number of rotatable bonds is 3. The molecule has 0 aliphatic heterocycles. The summed E-state index contributed by atoms with van der Waals surface area (Å²) in [6.45, 7) is 7.00. The lowest BCUT2D eigenvalue weighted by molar-refractivity contribution is 0.0591. The van der Waals surface area contributed by atoms with Gasteiger partial charge in [-0.25, -0.2) is 0 Å². The fourth-order valence-electron chi connectivity index (χ4n) is 5.25. The van der Waals surface area contributed by atoms with Crippen LogP contribution in [0.5, 0.6) is 0 Å². The minimum Gasteiger partial charge on any atom is -0.197 e. The van der Waals surface area contributed by atoms with Crippen LogP contribution in [-0.2, 0) is 6.42 Å². The first-order valence-electron chi connectivity index (χ1n) is 8.26. The topological polar surface area (TPSA) is 47.6 Å². The normalized spacial score (nSPS) is 32.4. The van der Waals surface area contributed by atoms with Crippen LogP contribution < -0.4 is 0 Å². The van der Waals surface area contributed by atoms with E-state index in [4.69, 9.17) is 0 Å². The van der Waals surface area contributed by atoms with E-state index in [1.165, 1.54) is 6.42 Å². The molecule has 0 N–H and O–H groups in total. The van der Waals surface area contributed by atoms with Crippen molar-refractivity contribution in [2.45, 2.75) is 46.5 Å². The number of fused-ring (bicyclic) bond motifs is 2. The van der Waals surface area contributed by atoms with Gasteiger partial charge in [0.05, 0.1) is 12.1 Å². The van der Waals surface area contributed by atoms with E-state index in [1.54, 1.807) is 0 Å². The summed E-state index contributed by atoms with van der Waals surface area (Å²) in [5.74, 6) is 0.823. The zero-order valence-electron chi connectivity index (χ0n) is 13.8. The minimum atomic E-state index is -0.900. The van der Waals surface area contributed by atoms with Crippen LogP contribution in [0.1, 0.15) is 45.6 Å². The molecule has 0 unspecified atom stereocenters. The van der Waals surface area contributed by atoms with Gasteiger partial charge in [0, 0.05) is 6.42 Å². The molecule has 0 amide bonds. The van der Waals surface area contributed by atoms with Gasteiger partial charge < -0.3 is 0 Å². The largest absolute Gasteiger partial charge is 0.197 e. The third kappa shape index (κ3) is 1.83. The molecule has 3 atom stereocenters. The number of nitrogens with zero attached hydrogens (tertiary/aromatic N) is 2. The zero-order chi connectivity index (χ0) is 16.0. The van der Waals surface area contributed by atoms with Gasteiger partial charge in [-0.1, -0.05) is 51.1 Å². The van der Waals surface area contributed by atoms with E-state index >= 15 is 0 Å². The van der Waals surface area contributed by atoms with Crippen LogP contribution in [0.4, 0.5) is 0 Å². The van der Waals surface area contributed by atoms with Gasteiger partial charge in [-0.15, -0.1) is 0 Å². The molecule has 0 radical (unpaired) electrons. The maximum Gasteiger partial charge on any atom is 0.151 e. The quantitative estimate of drug-likeness (QED) is 0.809. The molecule has 3 rings (SSSR count). The van der Waals surface area contributed by atoms with Crippen molar-refractivity contribution in [3.05, 3.63) is 35.9 Å². The molecule has 2 saturated carbocycles. The summed E-state index contributed by atoms with van der Waals surface area (Å²) in [7, 11) is 0. The van der Waals surface area contributed by atoms with E-state index in [0.717, 1.165) is 18.4 Å². The zero-order valence-corrected chi connectivity index (χ0v) is 13.8. The Balaban J connectivity index is 2.00. The molecule has 1 aromatic rings. The highest BCUT2D eigenvalue weighted by molar-refractivity contribution is 5.30. The second-order valence-electron chi connectivity index (χ2n) is 8.02. The predicted octanol–water partition coefficient (Wildman–Crippen LogP) is 4.73. The second kappa shape index (κ2) is 4.85. The Morgan fingerprint density at radius 3 is 2.23 bits per heavy atom. The Bertz CT molecular complexity index is 633. The van der Waals surface area contributed by atoms with Crippen molar-refractivity contribution in [1.82, 2.24) is 0 Å². The maximum atomic E-state index is 9.94. The first kappa shape index (κ1) is 15.1. The third-order valence-corrected chi connectivity index (χ3v) is 7.11. The van der Waals surface area contributed by atoms with Crippen molar-refractivity contribution in [3.63, 3.8) is 0 Å². The summed E-state index contributed by atoms with van der Waals surface area (Å²) in [4.78, 5) is 0. The summed E-state index contributed by atoms with van der Waals surface area (Å²) in [6, 6.07) is 14.9. The molecule has 0 aromatic heterocycles.